The number of carbonyl (C=O) groups is 1. The maximum Gasteiger partial charge on any atom is 0.252 e. The Bertz CT molecular complexity index is 780. The third-order valence-corrected chi connectivity index (χ3v) is 5.08. The van der Waals surface area contributed by atoms with Crippen molar-refractivity contribution in [1.29, 1.82) is 0 Å². The summed E-state index contributed by atoms with van der Waals surface area (Å²) < 4.78 is 0. The highest BCUT2D eigenvalue weighted by molar-refractivity contribution is 5.93. The van der Waals surface area contributed by atoms with Crippen molar-refractivity contribution >= 4 is 11.9 Å². The fraction of sp³-hybridized carbons (Fsp3) is 0.409. The number of rotatable bonds is 8. The van der Waals surface area contributed by atoms with Gasteiger partial charge in [0, 0.05) is 51.7 Å². The van der Waals surface area contributed by atoms with E-state index in [0.717, 1.165) is 25.6 Å². The van der Waals surface area contributed by atoms with Gasteiger partial charge >= 0.3 is 0 Å². The summed E-state index contributed by atoms with van der Waals surface area (Å²) in [5, 5.41) is 9.55. The van der Waals surface area contributed by atoms with Crippen LogP contribution in [-0.2, 0) is 6.54 Å². The van der Waals surface area contributed by atoms with Crippen molar-refractivity contribution in [3.63, 3.8) is 0 Å². The zero-order chi connectivity index (χ0) is 20.3. The van der Waals surface area contributed by atoms with Crippen LogP contribution < -0.4 is 16.0 Å². The Morgan fingerprint density at radius 3 is 2.72 bits per heavy atom. The molecule has 2 heterocycles. The van der Waals surface area contributed by atoms with Gasteiger partial charge in [0.1, 0.15) is 0 Å². The van der Waals surface area contributed by atoms with E-state index in [2.05, 4.69) is 61.2 Å². The lowest BCUT2D eigenvalue weighted by atomic mass is 10.2. The Balaban J connectivity index is 1.37. The second kappa shape index (κ2) is 11.2. The van der Waals surface area contributed by atoms with Crippen molar-refractivity contribution in [1.82, 2.24) is 25.8 Å². The van der Waals surface area contributed by atoms with Gasteiger partial charge in [-0.2, -0.15) is 0 Å². The molecule has 1 aromatic heterocycles. The van der Waals surface area contributed by atoms with E-state index in [9.17, 15) is 4.79 Å². The molecule has 154 valence electrons. The summed E-state index contributed by atoms with van der Waals surface area (Å²) in [6.45, 7) is 4.09. The van der Waals surface area contributed by atoms with Crippen LogP contribution in [0.1, 0.15) is 28.8 Å². The monoisotopic (exact) mass is 394 g/mol. The summed E-state index contributed by atoms with van der Waals surface area (Å²) in [6, 6.07) is 14.6. The van der Waals surface area contributed by atoms with Crippen LogP contribution >= 0.6 is 0 Å². The van der Waals surface area contributed by atoms with E-state index >= 15 is 0 Å². The number of nitrogens with zero attached hydrogens (tertiary/aromatic N) is 3. The summed E-state index contributed by atoms with van der Waals surface area (Å²) in [5.74, 6) is 0.637. The van der Waals surface area contributed by atoms with E-state index in [1.807, 2.05) is 0 Å². The minimum absolute atomic E-state index is 0.120. The molecule has 3 rings (SSSR count). The number of amides is 1. The zero-order valence-corrected chi connectivity index (χ0v) is 17.0. The first-order valence-electron chi connectivity index (χ1n) is 10.2. The van der Waals surface area contributed by atoms with Gasteiger partial charge in [-0.25, -0.2) is 0 Å². The topological polar surface area (TPSA) is 81.6 Å². The summed E-state index contributed by atoms with van der Waals surface area (Å²) in [5.41, 5.74) is 1.92. The minimum atomic E-state index is -0.120. The number of nitrogens with one attached hydrogen (secondary N) is 3. The molecule has 3 N–H and O–H groups in total. The molecule has 1 aromatic carbocycles. The SMILES string of the molecule is CN=C(NCCNC(=O)c1cccnc1)NCC1CCCN1Cc1ccccc1. The molecule has 1 saturated heterocycles. The Hall–Kier alpha value is -2.93. The van der Waals surface area contributed by atoms with Gasteiger partial charge in [0.05, 0.1) is 5.56 Å². The van der Waals surface area contributed by atoms with Crippen molar-refractivity contribution in [2.24, 2.45) is 4.99 Å². The van der Waals surface area contributed by atoms with E-state index in [1.54, 1.807) is 31.6 Å². The molecule has 0 radical (unpaired) electrons. The number of hydrogen-bond donors (Lipinski definition) is 3. The lowest BCUT2D eigenvalue weighted by Gasteiger charge is -2.25. The third-order valence-electron chi connectivity index (χ3n) is 5.08. The van der Waals surface area contributed by atoms with Gasteiger partial charge in [0.15, 0.2) is 5.96 Å². The highest BCUT2D eigenvalue weighted by Gasteiger charge is 2.24. The number of hydrogen-bond acceptors (Lipinski definition) is 4. The van der Waals surface area contributed by atoms with E-state index in [4.69, 9.17) is 0 Å². The number of pyridine rings is 1. The summed E-state index contributed by atoms with van der Waals surface area (Å²) in [4.78, 5) is 22.8. The predicted octanol–water partition coefficient (Wildman–Crippen LogP) is 1.64. The van der Waals surface area contributed by atoms with Gasteiger partial charge in [0.2, 0.25) is 0 Å². The van der Waals surface area contributed by atoms with E-state index < -0.39 is 0 Å². The molecule has 1 aliphatic rings. The summed E-state index contributed by atoms with van der Waals surface area (Å²) in [7, 11) is 1.76. The molecule has 0 spiro atoms. The van der Waals surface area contributed by atoms with Crippen LogP contribution in [0.5, 0.6) is 0 Å². The second-order valence-corrected chi connectivity index (χ2v) is 7.13. The Labute approximate surface area is 172 Å². The molecule has 29 heavy (non-hydrogen) atoms. The van der Waals surface area contributed by atoms with Crippen LogP contribution in [0.3, 0.4) is 0 Å². The number of aliphatic imine (C=N–C) groups is 1. The Morgan fingerprint density at radius 1 is 1.14 bits per heavy atom. The molecular weight excluding hydrogens is 364 g/mol. The minimum Gasteiger partial charge on any atom is -0.355 e. The Morgan fingerprint density at radius 2 is 1.97 bits per heavy atom. The number of benzene rings is 1. The number of likely N-dealkylation sites (tertiary alicyclic amines) is 1. The molecule has 1 fully saturated rings. The van der Waals surface area contributed by atoms with Crippen molar-refractivity contribution in [3.05, 3.63) is 66.0 Å². The molecule has 1 atom stereocenters. The molecule has 1 unspecified atom stereocenters. The first-order valence-corrected chi connectivity index (χ1v) is 10.2. The van der Waals surface area contributed by atoms with Gasteiger partial charge in [-0.05, 0) is 37.1 Å². The predicted molar refractivity (Wildman–Crippen MR) is 116 cm³/mol. The fourth-order valence-electron chi connectivity index (χ4n) is 3.54. The average Bonchev–Trinajstić information content (AvgIpc) is 3.21. The lowest BCUT2D eigenvalue weighted by Crippen LogP contribution is -2.46. The number of aromatic nitrogens is 1. The van der Waals surface area contributed by atoms with Gasteiger partial charge in [-0.15, -0.1) is 0 Å². The molecule has 0 aliphatic carbocycles. The van der Waals surface area contributed by atoms with Gasteiger partial charge in [0.25, 0.3) is 5.91 Å². The smallest absolute Gasteiger partial charge is 0.252 e. The van der Waals surface area contributed by atoms with Crippen molar-refractivity contribution in [3.8, 4) is 0 Å². The molecule has 7 heteroatoms. The second-order valence-electron chi connectivity index (χ2n) is 7.13. The summed E-state index contributed by atoms with van der Waals surface area (Å²) >= 11 is 0. The van der Waals surface area contributed by atoms with Crippen molar-refractivity contribution in [2.45, 2.75) is 25.4 Å². The van der Waals surface area contributed by atoms with E-state index in [0.29, 0.717) is 24.7 Å². The van der Waals surface area contributed by atoms with Gasteiger partial charge < -0.3 is 16.0 Å². The maximum absolute atomic E-state index is 12.0. The van der Waals surface area contributed by atoms with Crippen LogP contribution in [0, 0.1) is 0 Å². The van der Waals surface area contributed by atoms with Crippen LogP contribution in [-0.4, -0.2) is 61.0 Å². The van der Waals surface area contributed by atoms with Crippen molar-refractivity contribution in [2.75, 3.05) is 33.2 Å². The van der Waals surface area contributed by atoms with Gasteiger partial charge in [-0.1, -0.05) is 30.3 Å². The van der Waals surface area contributed by atoms with Crippen LogP contribution in [0.25, 0.3) is 0 Å². The number of guanidine groups is 1. The van der Waals surface area contributed by atoms with Gasteiger partial charge in [-0.3, -0.25) is 19.7 Å². The molecule has 0 bridgehead atoms. The normalized spacial score (nSPS) is 17.1. The zero-order valence-electron chi connectivity index (χ0n) is 17.0. The van der Waals surface area contributed by atoms with Crippen LogP contribution in [0.2, 0.25) is 0 Å². The molecule has 2 aromatic rings. The average molecular weight is 395 g/mol. The quantitative estimate of drug-likeness (QED) is 0.360. The van der Waals surface area contributed by atoms with Crippen molar-refractivity contribution < 1.29 is 4.79 Å². The third kappa shape index (κ3) is 6.57. The highest BCUT2D eigenvalue weighted by Crippen LogP contribution is 2.19. The Kier molecular flexibility index (Phi) is 8.01. The summed E-state index contributed by atoms with van der Waals surface area (Å²) in [6.07, 6.45) is 5.63. The standard InChI is InChI=1S/C22H30N6O/c1-23-22(26-13-12-25-21(29)19-9-5-11-24-15-19)27-16-20-10-6-14-28(20)17-18-7-3-2-4-8-18/h2-5,7-9,11,15,20H,6,10,12-14,16-17H2,1H3,(H,25,29)(H2,23,26,27). The molecule has 0 saturated carbocycles. The first-order chi connectivity index (χ1) is 14.3. The largest absolute Gasteiger partial charge is 0.355 e. The van der Waals surface area contributed by atoms with Crippen LogP contribution in [0.4, 0.5) is 0 Å². The van der Waals surface area contributed by atoms with E-state index in [1.165, 1.54) is 18.4 Å². The molecule has 1 amide bonds. The van der Waals surface area contributed by atoms with E-state index in [-0.39, 0.29) is 5.91 Å². The molecule has 1 aliphatic heterocycles. The number of carbonyl (C=O) groups excluding carboxylic acids is 1. The highest BCUT2D eigenvalue weighted by atomic mass is 16.1. The maximum atomic E-state index is 12.0. The fourth-order valence-corrected chi connectivity index (χ4v) is 3.54. The first kappa shape index (κ1) is 20.8. The van der Waals surface area contributed by atoms with Crippen LogP contribution in [0.15, 0.2) is 59.9 Å². The lowest BCUT2D eigenvalue weighted by molar-refractivity contribution is 0.0954. The molecular formula is C22H30N6O. The molecule has 7 nitrogen and oxygen atoms in total.